The van der Waals surface area contributed by atoms with Crippen LogP contribution in [0.2, 0.25) is 0 Å². The van der Waals surface area contributed by atoms with Crippen LogP contribution in [0.4, 0.5) is 5.69 Å². The lowest BCUT2D eigenvalue weighted by Crippen LogP contribution is -2.41. The van der Waals surface area contributed by atoms with E-state index < -0.39 is 0 Å². The van der Waals surface area contributed by atoms with Crippen molar-refractivity contribution in [3.8, 4) is 0 Å². The molecular weight excluding hydrogens is 338 g/mol. The van der Waals surface area contributed by atoms with Gasteiger partial charge in [0.1, 0.15) is 0 Å². The Morgan fingerprint density at radius 1 is 1.11 bits per heavy atom. The van der Waals surface area contributed by atoms with Crippen LogP contribution < -0.4 is 11.1 Å². The average Bonchev–Trinajstić information content (AvgIpc) is 3.10. The highest BCUT2D eigenvalue weighted by Crippen LogP contribution is 2.24. The molecule has 1 fully saturated rings. The molecule has 4 rings (SSSR count). The molecule has 1 aromatic heterocycles. The molecule has 27 heavy (non-hydrogen) atoms. The molecule has 0 unspecified atom stereocenters. The summed E-state index contributed by atoms with van der Waals surface area (Å²) in [5.41, 5.74) is 9.60. The zero-order valence-corrected chi connectivity index (χ0v) is 15.1. The normalized spacial score (nSPS) is 19.3. The smallest absolute Gasteiger partial charge is 0.224 e. The fraction of sp³-hybridized carbons (Fsp3) is 0.273. The molecule has 2 heterocycles. The highest BCUT2D eigenvalue weighted by molar-refractivity contribution is 5.82. The fourth-order valence-electron chi connectivity index (χ4n) is 3.65. The third-order valence-electron chi connectivity index (χ3n) is 5.11. The van der Waals surface area contributed by atoms with Gasteiger partial charge in [0.2, 0.25) is 5.91 Å². The number of hydrogen-bond acceptors (Lipinski definition) is 4. The largest absolute Gasteiger partial charge is 0.399 e. The number of hydrogen-bond donors (Lipinski definition) is 2. The van der Waals surface area contributed by atoms with Crippen molar-refractivity contribution in [2.75, 3.05) is 18.9 Å². The van der Waals surface area contributed by atoms with E-state index in [0.717, 1.165) is 17.5 Å². The molecule has 1 aliphatic rings. The number of anilines is 1. The van der Waals surface area contributed by atoms with E-state index in [1.165, 1.54) is 10.9 Å². The van der Waals surface area contributed by atoms with Gasteiger partial charge in [0, 0.05) is 23.2 Å². The second kappa shape index (κ2) is 7.76. The number of fused-ring (bicyclic) bond motifs is 1. The molecule has 138 valence electrons. The quantitative estimate of drug-likeness (QED) is 0.685. The number of nitrogens with two attached hydrogens (primary N) is 1. The lowest BCUT2D eigenvalue weighted by Gasteiger charge is -2.20. The van der Waals surface area contributed by atoms with Crippen LogP contribution in [0.25, 0.3) is 10.9 Å². The summed E-state index contributed by atoms with van der Waals surface area (Å²) in [6.07, 6.45) is 3.06. The molecule has 5 heteroatoms. The topological polar surface area (TPSA) is 77.2 Å². The molecule has 0 spiro atoms. The van der Waals surface area contributed by atoms with Gasteiger partial charge in [-0.1, -0.05) is 30.3 Å². The summed E-state index contributed by atoms with van der Waals surface area (Å²) in [4.78, 5) is 16.9. The summed E-state index contributed by atoms with van der Waals surface area (Å²) in [5.74, 6) is 0.269. The highest BCUT2D eigenvalue weighted by Gasteiger charge is 2.30. The van der Waals surface area contributed by atoms with Crippen LogP contribution in [0.3, 0.4) is 0 Å². The van der Waals surface area contributed by atoms with E-state index in [-0.39, 0.29) is 17.9 Å². The number of carbonyl (C=O) groups is 1. The van der Waals surface area contributed by atoms with Gasteiger partial charge in [-0.2, -0.15) is 0 Å². The third kappa shape index (κ3) is 4.09. The van der Waals surface area contributed by atoms with Gasteiger partial charge in [-0.3, -0.25) is 9.78 Å². The monoisotopic (exact) mass is 361 g/mol. The minimum atomic E-state index is 0.0138. The van der Waals surface area contributed by atoms with E-state index in [4.69, 9.17) is 10.5 Å². The first-order chi connectivity index (χ1) is 13.2. The Hall–Kier alpha value is -2.92. The molecule has 5 nitrogen and oxygen atoms in total. The van der Waals surface area contributed by atoms with E-state index >= 15 is 0 Å². The zero-order valence-electron chi connectivity index (χ0n) is 15.1. The first-order valence-electron chi connectivity index (χ1n) is 9.23. The van der Waals surface area contributed by atoms with Crippen molar-refractivity contribution in [2.24, 2.45) is 5.92 Å². The summed E-state index contributed by atoms with van der Waals surface area (Å²) < 4.78 is 5.67. The van der Waals surface area contributed by atoms with E-state index in [0.29, 0.717) is 25.3 Å². The maximum Gasteiger partial charge on any atom is 0.224 e. The Bertz CT molecular complexity index is 934. The number of ether oxygens (including phenoxy) is 1. The van der Waals surface area contributed by atoms with E-state index in [1.807, 2.05) is 48.7 Å². The van der Waals surface area contributed by atoms with Gasteiger partial charge in [0.05, 0.1) is 31.2 Å². The summed E-state index contributed by atoms with van der Waals surface area (Å²) in [7, 11) is 0. The summed E-state index contributed by atoms with van der Waals surface area (Å²) >= 11 is 0. The third-order valence-corrected chi connectivity index (χ3v) is 5.11. The van der Waals surface area contributed by atoms with Crippen LogP contribution in [0, 0.1) is 5.92 Å². The molecule has 3 N–H and O–H groups in total. The number of benzene rings is 2. The van der Waals surface area contributed by atoms with Crippen LogP contribution in [0.1, 0.15) is 11.1 Å². The van der Waals surface area contributed by atoms with Crippen LogP contribution in [0.15, 0.2) is 60.8 Å². The van der Waals surface area contributed by atoms with Crippen LogP contribution in [0.5, 0.6) is 0 Å². The lowest BCUT2D eigenvalue weighted by molar-refractivity contribution is -0.121. The van der Waals surface area contributed by atoms with Crippen molar-refractivity contribution in [1.29, 1.82) is 0 Å². The van der Waals surface area contributed by atoms with Crippen LogP contribution in [-0.2, 0) is 22.4 Å². The average molecular weight is 361 g/mol. The van der Waals surface area contributed by atoms with Crippen LogP contribution >= 0.6 is 0 Å². The SMILES string of the molecule is Nc1ccc(CC(=O)N[C@H]2COC[C@H]2Cc2ccnc3ccccc23)cc1. The molecule has 2 aromatic carbocycles. The van der Waals surface area contributed by atoms with Gasteiger partial charge in [-0.15, -0.1) is 0 Å². The van der Waals surface area contributed by atoms with E-state index in [1.54, 1.807) is 0 Å². The first-order valence-corrected chi connectivity index (χ1v) is 9.23. The molecule has 0 radical (unpaired) electrons. The number of rotatable bonds is 5. The fourth-order valence-corrected chi connectivity index (χ4v) is 3.65. The minimum absolute atomic E-state index is 0.0138. The number of nitrogens with zero attached hydrogens (tertiary/aromatic N) is 1. The van der Waals surface area contributed by atoms with E-state index in [9.17, 15) is 4.79 Å². The number of nitrogen functional groups attached to an aromatic ring is 1. The molecule has 0 aliphatic carbocycles. The molecule has 3 aromatic rings. The second-order valence-corrected chi connectivity index (χ2v) is 7.08. The standard InChI is InChI=1S/C22H23N3O2/c23-18-7-5-15(6-8-18)11-22(26)25-21-14-27-13-17(21)12-16-9-10-24-20-4-2-1-3-19(16)20/h1-10,17,21H,11-14,23H2,(H,25,26)/t17-,21+/m1/s1. The molecule has 0 saturated carbocycles. The molecule has 1 amide bonds. The van der Waals surface area contributed by atoms with Gasteiger partial charge in [-0.05, 0) is 41.8 Å². The first kappa shape index (κ1) is 17.5. The van der Waals surface area contributed by atoms with Gasteiger partial charge >= 0.3 is 0 Å². The van der Waals surface area contributed by atoms with Crippen molar-refractivity contribution >= 4 is 22.5 Å². The number of carbonyl (C=O) groups excluding carboxylic acids is 1. The van der Waals surface area contributed by atoms with E-state index in [2.05, 4.69) is 22.4 Å². The maximum atomic E-state index is 12.5. The number of pyridine rings is 1. The molecule has 2 atom stereocenters. The Balaban J connectivity index is 1.42. The predicted molar refractivity (Wildman–Crippen MR) is 106 cm³/mol. The van der Waals surface area contributed by atoms with Crippen molar-refractivity contribution in [3.63, 3.8) is 0 Å². The van der Waals surface area contributed by atoms with Crippen molar-refractivity contribution in [1.82, 2.24) is 10.3 Å². The maximum absolute atomic E-state index is 12.5. The second-order valence-electron chi connectivity index (χ2n) is 7.08. The van der Waals surface area contributed by atoms with Gasteiger partial charge in [0.25, 0.3) is 0 Å². The molecule has 1 saturated heterocycles. The Morgan fingerprint density at radius 3 is 2.78 bits per heavy atom. The number of nitrogens with one attached hydrogen (secondary N) is 1. The molecule has 0 bridgehead atoms. The summed E-state index contributed by atoms with van der Waals surface area (Å²) in [6, 6.07) is 17.7. The number of aromatic nitrogens is 1. The molecule has 1 aliphatic heterocycles. The van der Waals surface area contributed by atoms with Crippen molar-refractivity contribution in [3.05, 3.63) is 71.9 Å². The Labute approximate surface area is 158 Å². The number of para-hydroxylation sites is 1. The van der Waals surface area contributed by atoms with Crippen molar-refractivity contribution in [2.45, 2.75) is 18.9 Å². The van der Waals surface area contributed by atoms with Gasteiger partial charge in [-0.25, -0.2) is 0 Å². The highest BCUT2D eigenvalue weighted by atomic mass is 16.5. The lowest BCUT2D eigenvalue weighted by atomic mass is 9.93. The molecular formula is C22H23N3O2. The zero-order chi connectivity index (χ0) is 18.6. The van der Waals surface area contributed by atoms with Crippen molar-refractivity contribution < 1.29 is 9.53 Å². The predicted octanol–water partition coefficient (Wildman–Crippen LogP) is 2.73. The Kier molecular flexibility index (Phi) is 5.03. The van der Waals surface area contributed by atoms with Gasteiger partial charge < -0.3 is 15.8 Å². The minimum Gasteiger partial charge on any atom is -0.399 e. The number of amides is 1. The summed E-state index contributed by atoms with van der Waals surface area (Å²) in [5, 5.41) is 4.32. The van der Waals surface area contributed by atoms with Crippen LogP contribution in [-0.4, -0.2) is 30.1 Å². The Morgan fingerprint density at radius 2 is 1.93 bits per heavy atom. The summed E-state index contributed by atoms with van der Waals surface area (Å²) in [6.45, 7) is 1.21. The van der Waals surface area contributed by atoms with Gasteiger partial charge in [0.15, 0.2) is 0 Å².